The van der Waals surface area contributed by atoms with E-state index in [1.807, 2.05) is 17.7 Å². The Hall–Kier alpha value is -2.99. The molecule has 2 aliphatic heterocycles. The van der Waals surface area contributed by atoms with Crippen molar-refractivity contribution in [3.63, 3.8) is 0 Å². The molecule has 4 rings (SSSR count). The molecule has 4 heterocycles. The minimum Gasteiger partial charge on any atom is -0.457 e. The van der Waals surface area contributed by atoms with E-state index in [1.54, 1.807) is 18.7 Å². The van der Waals surface area contributed by atoms with Crippen molar-refractivity contribution in [2.45, 2.75) is 44.1 Å². The summed E-state index contributed by atoms with van der Waals surface area (Å²) in [5.41, 5.74) is 2.43. The molecule has 1 fully saturated rings. The van der Waals surface area contributed by atoms with Crippen LogP contribution in [0.2, 0.25) is 0 Å². The van der Waals surface area contributed by atoms with Crippen molar-refractivity contribution < 1.29 is 19.4 Å². The highest BCUT2D eigenvalue weighted by Crippen LogP contribution is 2.47. The first-order valence-corrected chi connectivity index (χ1v) is 11.2. The highest BCUT2D eigenvalue weighted by Gasteiger charge is 2.57. The summed E-state index contributed by atoms with van der Waals surface area (Å²) in [4.78, 5) is 26.9. The van der Waals surface area contributed by atoms with Gasteiger partial charge in [-0.05, 0) is 36.8 Å². The third-order valence-electron chi connectivity index (χ3n) is 5.66. The maximum atomic E-state index is 12.8. The summed E-state index contributed by atoms with van der Waals surface area (Å²) in [5.74, 6) is -0.678. The molecule has 0 spiro atoms. The van der Waals surface area contributed by atoms with Gasteiger partial charge in [-0.1, -0.05) is 24.4 Å². The van der Waals surface area contributed by atoms with Crippen LogP contribution in [0.5, 0.6) is 0 Å². The largest absolute Gasteiger partial charge is 0.457 e. The lowest BCUT2D eigenvalue weighted by atomic mass is 9.83. The highest BCUT2D eigenvalue weighted by atomic mass is 32.2. The van der Waals surface area contributed by atoms with Crippen molar-refractivity contribution in [1.29, 1.82) is 0 Å². The number of tetrazole rings is 1. The number of aliphatic hydroxyl groups excluding tert-OH is 1. The van der Waals surface area contributed by atoms with Crippen LogP contribution in [-0.4, -0.2) is 76.4 Å². The van der Waals surface area contributed by atoms with Crippen molar-refractivity contribution in [2.75, 3.05) is 12.4 Å². The van der Waals surface area contributed by atoms with Crippen molar-refractivity contribution in [1.82, 2.24) is 34.9 Å². The number of aryl methyl sites for hydroxylation is 3. The van der Waals surface area contributed by atoms with Gasteiger partial charge in [0.05, 0.1) is 30.3 Å². The molecule has 1 N–H and O–H groups in total. The number of thioether (sulfide) groups is 1. The van der Waals surface area contributed by atoms with Gasteiger partial charge < -0.3 is 14.7 Å². The molecular formula is C20H25N7O4S. The number of hydrogen-bond acceptors (Lipinski definition) is 9. The zero-order valence-corrected chi connectivity index (χ0v) is 18.9. The van der Waals surface area contributed by atoms with E-state index in [0.717, 1.165) is 5.69 Å². The number of amides is 1. The molecule has 11 nitrogen and oxygen atoms in total. The number of nitrogens with zero attached hydrogens (tertiary/aromatic N) is 7. The van der Waals surface area contributed by atoms with Gasteiger partial charge in [0, 0.05) is 24.1 Å². The summed E-state index contributed by atoms with van der Waals surface area (Å²) in [5, 5.41) is 26.8. The lowest BCUT2D eigenvalue weighted by molar-refractivity contribution is -0.162. The molecule has 0 aliphatic carbocycles. The molecule has 0 bridgehead atoms. The van der Waals surface area contributed by atoms with Crippen LogP contribution in [0, 0.1) is 12.8 Å². The number of hydrogen-bond donors (Lipinski definition) is 1. The summed E-state index contributed by atoms with van der Waals surface area (Å²) in [6.45, 7) is 7.76. The SMILES string of the molecule is C=CCOC(=O)C1=C(c2cc(C)n(CCSc3nnnn3C)n2)C[C@@H]2[C@@H]([C@@H](C)O)C(=O)N12. The van der Waals surface area contributed by atoms with E-state index < -0.39 is 18.0 Å². The Morgan fingerprint density at radius 1 is 1.50 bits per heavy atom. The molecule has 1 saturated heterocycles. The summed E-state index contributed by atoms with van der Waals surface area (Å²) in [6.07, 6.45) is 1.12. The molecule has 2 aromatic rings. The topological polar surface area (TPSA) is 128 Å². The molecular weight excluding hydrogens is 434 g/mol. The molecule has 170 valence electrons. The zero-order valence-electron chi connectivity index (χ0n) is 18.1. The molecule has 0 radical (unpaired) electrons. The predicted molar refractivity (Wildman–Crippen MR) is 115 cm³/mol. The number of β-lactam (4-membered cyclic amide) rings is 1. The van der Waals surface area contributed by atoms with Gasteiger partial charge in [0.15, 0.2) is 0 Å². The van der Waals surface area contributed by atoms with Crippen LogP contribution in [0.4, 0.5) is 0 Å². The summed E-state index contributed by atoms with van der Waals surface area (Å²) in [6, 6.07) is 1.63. The summed E-state index contributed by atoms with van der Waals surface area (Å²) >= 11 is 1.52. The molecule has 0 saturated carbocycles. The third kappa shape index (κ3) is 3.84. The van der Waals surface area contributed by atoms with E-state index in [0.29, 0.717) is 35.1 Å². The molecule has 32 heavy (non-hydrogen) atoms. The van der Waals surface area contributed by atoms with Crippen LogP contribution in [0.1, 0.15) is 24.7 Å². The van der Waals surface area contributed by atoms with Gasteiger partial charge in [-0.25, -0.2) is 9.48 Å². The molecule has 0 aromatic carbocycles. The minimum absolute atomic E-state index is 0.0454. The number of ether oxygens (including phenoxy) is 1. The van der Waals surface area contributed by atoms with Gasteiger partial charge in [0.1, 0.15) is 12.3 Å². The second kappa shape index (κ2) is 8.87. The summed E-state index contributed by atoms with van der Waals surface area (Å²) in [7, 11) is 1.78. The summed E-state index contributed by atoms with van der Waals surface area (Å²) < 4.78 is 8.71. The van der Waals surface area contributed by atoms with Crippen molar-refractivity contribution in [3.8, 4) is 0 Å². The number of fused-ring (bicyclic) bond motifs is 1. The van der Waals surface area contributed by atoms with Gasteiger partial charge >= 0.3 is 5.97 Å². The fraction of sp³-hybridized carbons (Fsp3) is 0.500. The Bertz CT molecular complexity index is 1090. The second-order valence-electron chi connectivity index (χ2n) is 7.79. The van der Waals surface area contributed by atoms with E-state index >= 15 is 0 Å². The standard InChI is InChI=1S/C20H25N7O4S/c1-5-7-31-19(30)17-13(10-15-16(12(3)28)18(29)27(15)17)14-9-11(2)26(22-14)6-8-32-20-21-23-24-25(20)4/h5,9,12,15-16,28H,1,6-8,10H2,2-4H3/t12-,15-,16-/m1/s1. The maximum absolute atomic E-state index is 12.8. The zero-order chi connectivity index (χ0) is 23.0. The lowest BCUT2D eigenvalue weighted by Crippen LogP contribution is -2.61. The average molecular weight is 460 g/mol. The number of carbonyl (C=O) groups is 2. The quantitative estimate of drug-likeness (QED) is 0.247. The van der Waals surface area contributed by atoms with Gasteiger partial charge in [-0.2, -0.15) is 5.10 Å². The molecule has 3 atom stereocenters. The monoisotopic (exact) mass is 459 g/mol. The van der Waals surface area contributed by atoms with E-state index in [4.69, 9.17) is 9.84 Å². The number of aromatic nitrogens is 6. The average Bonchev–Trinajstić information content (AvgIpc) is 3.41. The smallest absolute Gasteiger partial charge is 0.355 e. The molecule has 12 heteroatoms. The van der Waals surface area contributed by atoms with Crippen LogP contribution in [0.25, 0.3) is 5.57 Å². The molecule has 1 amide bonds. The fourth-order valence-corrected chi connectivity index (χ4v) is 4.91. The second-order valence-corrected chi connectivity index (χ2v) is 8.85. The first-order valence-electron chi connectivity index (χ1n) is 10.3. The van der Waals surface area contributed by atoms with E-state index in [9.17, 15) is 14.7 Å². The number of rotatable bonds is 9. The van der Waals surface area contributed by atoms with Crippen LogP contribution in [-0.2, 0) is 27.9 Å². The van der Waals surface area contributed by atoms with Crippen molar-refractivity contribution >= 4 is 29.2 Å². The number of aliphatic hydroxyl groups is 1. The maximum Gasteiger partial charge on any atom is 0.355 e. The van der Waals surface area contributed by atoms with Gasteiger partial charge in [0.2, 0.25) is 11.1 Å². The van der Waals surface area contributed by atoms with Crippen LogP contribution < -0.4 is 0 Å². The first-order chi connectivity index (χ1) is 15.3. The molecule has 2 aliphatic rings. The van der Waals surface area contributed by atoms with E-state index in [-0.39, 0.29) is 24.3 Å². The number of esters is 1. The Labute approximate surface area is 189 Å². The minimum atomic E-state index is -0.792. The highest BCUT2D eigenvalue weighted by molar-refractivity contribution is 7.99. The Morgan fingerprint density at radius 2 is 2.28 bits per heavy atom. The normalized spacial score (nSPS) is 20.9. The fourth-order valence-electron chi connectivity index (χ4n) is 4.14. The van der Waals surface area contributed by atoms with Crippen LogP contribution >= 0.6 is 11.8 Å². The van der Waals surface area contributed by atoms with Crippen LogP contribution in [0.3, 0.4) is 0 Å². The molecule has 2 aromatic heterocycles. The Kier molecular flexibility index (Phi) is 6.15. The third-order valence-corrected chi connectivity index (χ3v) is 6.65. The predicted octanol–water partition coefficient (Wildman–Crippen LogP) is 0.559. The Morgan fingerprint density at radius 3 is 2.94 bits per heavy atom. The van der Waals surface area contributed by atoms with Gasteiger partial charge in [-0.3, -0.25) is 9.48 Å². The molecule has 0 unspecified atom stereocenters. The van der Waals surface area contributed by atoms with Gasteiger partial charge in [-0.15, -0.1) is 5.10 Å². The number of carbonyl (C=O) groups excluding carboxylic acids is 2. The Balaban J connectivity index is 1.57. The first kappa shape index (κ1) is 22.2. The van der Waals surface area contributed by atoms with Crippen LogP contribution in [0.15, 0.2) is 29.6 Å². The van der Waals surface area contributed by atoms with E-state index in [2.05, 4.69) is 22.1 Å². The van der Waals surface area contributed by atoms with Crippen molar-refractivity contribution in [2.24, 2.45) is 13.0 Å². The van der Waals surface area contributed by atoms with E-state index in [1.165, 1.54) is 22.7 Å². The van der Waals surface area contributed by atoms with Gasteiger partial charge in [0.25, 0.3) is 0 Å². The van der Waals surface area contributed by atoms with Crippen molar-refractivity contribution in [3.05, 3.63) is 35.8 Å². The lowest BCUT2D eigenvalue weighted by Gasteiger charge is -2.44.